The lowest BCUT2D eigenvalue weighted by Crippen LogP contribution is -2.52. The highest BCUT2D eigenvalue weighted by Crippen LogP contribution is 2.24. The van der Waals surface area contributed by atoms with Crippen LogP contribution < -0.4 is 5.32 Å². The van der Waals surface area contributed by atoms with E-state index in [0.29, 0.717) is 6.54 Å². The number of nitrogens with zero attached hydrogens (tertiary/aromatic N) is 1. The molecule has 18 heavy (non-hydrogen) atoms. The molecule has 4 nitrogen and oxygen atoms in total. The smallest absolute Gasteiger partial charge is 0.327 e. The topological polar surface area (TPSA) is 41.6 Å². The predicted octanol–water partition coefficient (Wildman–Crippen LogP) is 1.02. The van der Waals surface area contributed by atoms with Crippen molar-refractivity contribution >= 4 is 5.97 Å². The summed E-state index contributed by atoms with van der Waals surface area (Å²) in [6, 6.07) is 10.3. The summed E-state index contributed by atoms with van der Waals surface area (Å²) in [5, 5.41) is 3.13. The van der Waals surface area contributed by atoms with Crippen LogP contribution >= 0.6 is 0 Å². The molecule has 0 radical (unpaired) electrons. The number of ether oxygens (including phenoxy) is 1. The summed E-state index contributed by atoms with van der Waals surface area (Å²) in [7, 11) is 3.27. The molecule has 0 bridgehead atoms. The van der Waals surface area contributed by atoms with Crippen LogP contribution in [0.3, 0.4) is 0 Å². The highest BCUT2D eigenvalue weighted by molar-refractivity contribution is 5.81. The maximum Gasteiger partial charge on any atom is 0.327 e. The SMILES string of the molecule is CNC1(C(=O)OC)CCN(Cc2ccccc2)C1. The zero-order valence-electron chi connectivity index (χ0n) is 11.0. The Morgan fingerprint density at radius 2 is 2.17 bits per heavy atom. The number of likely N-dealkylation sites (N-methyl/N-ethyl adjacent to an activating group) is 1. The van der Waals surface area contributed by atoms with Crippen molar-refractivity contribution in [1.82, 2.24) is 10.2 Å². The van der Waals surface area contributed by atoms with Gasteiger partial charge in [0.25, 0.3) is 0 Å². The van der Waals surface area contributed by atoms with E-state index in [1.54, 1.807) is 0 Å². The van der Waals surface area contributed by atoms with Crippen LogP contribution in [0.2, 0.25) is 0 Å². The van der Waals surface area contributed by atoms with Crippen molar-refractivity contribution in [2.75, 3.05) is 27.2 Å². The molecular formula is C14H20N2O2. The molecule has 1 saturated heterocycles. The van der Waals surface area contributed by atoms with E-state index in [1.807, 2.05) is 25.2 Å². The Labute approximate surface area is 108 Å². The van der Waals surface area contributed by atoms with Crippen molar-refractivity contribution < 1.29 is 9.53 Å². The van der Waals surface area contributed by atoms with E-state index in [2.05, 4.69) is 22.3 Å². The van der Waals surface area contributed by atoms with Crippen molar-refractivity contribution in [3.63, 3.8) is 0 Å². The first-order valence-corrected chi connectivity index (χ1v) is 6.24. The molecule has 1 aliphatic heterocycles. The van der Waals surface area contributed by atoms with Crippen molar-refractivity contribution in [2.24, 2.45) is 0 Å². The fourth-order valence-electron chi connectivity index (χ4n) is 2.53. The van der Waals surface area contributed by atoms with E-state index in [0.717, 1.165) is 19.5 Å². The molecule has 0 aromatic heterocycles. The quantitative estimate of drug-likeness (QED) is 0.808. The minimum Gasteiger partial charge on any atom is -0.468 e. The van der Waals surface area contributed by atoms with Gasteiger partial charge in [-0.3, -0.25) is 9.69 Å². The Kier molecular flexibility index (Phi) is 3.99. The van der Waals surface area contributed by atoms with Gasteiger partial charge in [-0.1, -0.05) is 30.3 Å². The van der Waals surface area contributed by atoms with Crippen LogP contribution in [-0.4, -0.2) is 43.7 Å². The van der Waals surface area contributed by atoms with Gasteiger partial charge in [-0.2, -0.15) is 0 Å². The number of hydrogen-bond donors (Lipinski definition) is 1. The molecule has 1 heterocycles. The van der Waals surface area contributed by atoms with Gasteiger partial charge in [-0.05, 0) is 19.0 Å². The van der Waals surface area contributed by atoms with Gasteiger partial charge in [0.2, 0.25) is 0 Å². The molecule has 1 aromatic rings. The highest BCUT2D eigenvalue weighted by atomic mass is 16.5. The summed E-state index contributed by atoms with van der Waals surface area (Å²) in [5.74, 6) is -0.166. The van der Waals surface area contributed by atoms with Crippen LogP contribution in [0.25, 0.3) is 0 Å². The second-order valence-corrected chi connectivity index (χ2v) is 4.77. The summed E-state index contributed by atoms with van der Waals surface area (Å²) < 4.78 is 4.90. The molecule has 1 unspecified atom stereocenters. The van der Waals surface area contributed by atoms with E-state index in [4.69, 9.17) is 4.74 Å². The fourth-order valence-corrected chi connectivity index (χ4v) is 2.53. The average Bonchev–Trinajstić information content (AvgIpc) is 2.83. The predicted molar refractivity (Wildman–Crippen MR) is 70.1 cm³/mol. The number of benzene rings is 1. The molecule has 1 aromatic carbocycles. The third kappa shape index (κ3) is 2.54. The second-order valence-electron chi connectivity index (χ2n) is 4.77. The third-order valence-electron chi connectivity index (χ3n) is 3.65. The molecule has 0 aliphatic carbocycles. The van der Waals surface area contributed by atoms with Gasteiger partial charge in [0.15, 0.2) is 0 Å². The number of likely N-dealkylation sites (tertiary alicyclic amines) is 1. The Morgan fingerprint density at radius 3 is 2.78 bits per heavy atom. The molecule has 4 heteroatoms. The maximum atomic E-state index is 11.9. The lowest BCUT2D eigenvalue weighted by atomic mass is 9.99. The maximum absolute atomic E-state index is 11.9. The van der Waals surface area contributed by atoms with Gasteiger partial charge in [-0.15, -0.1) is 0 Å². The number of carbonyl (C=O) groups is 1. The minimum absolute atomic E-state index is 0.166. The fraction of sp³-hybridized carbons (Fsp3) is 0.500. The van der Waals surface area contributed by atoms with Crippen LogP contribution in [-0.2, 0) is 16.1 Å². The summed E-state index contributed by atoms with van der Waals surface area (Å²) in [5.41, 5.74) is 0.734. The van der Waals surface area contributed by atoms with E-state index < -0.39 is 5.54 Å². The Morgan fingerprint density at radius 1 is 1.44 bits per heavy atom. The Bertz CT molecular complexity index is 408. The monoisotopic (exact) mass is 248 g/mol. The molecule has 0 saturated carbocycles. The Balaban J connectivity index is 2.01. The number of nitrogens with one attached hydrogen (secondary N) is 1. The number of carbonyl (C=O) groups excluding carboxylic acids is 1. The molecule has 1 fully saturated rings. The van der Waals surface area contributed by atoms with E-state index in [9.17, 15) is 4.79 Å². The van der Waals surface area contributed by atoms with E-state index in [-0.39, 0.29) is 5.97 Å². The molecule has 2 rings (SSSR count). The van der Waals surface area contributed by atoms with Crippen molar-refractivity contribution in [2.45, 2.75) is 18.5 Å². The highest BCUT2D eigenvalue weighted by Gasteiger charge is 2.44. The molecule has 0 amide bonds. The van der Waals surface area contributed by atoms with Gasteiger partial charge in [0.1, 0.15) is 5.54 Å². The van der Waals surface area contributed by atoms with E-state index >= 15 is 0 Å². The van der Waals surface area contributed by atoms with Crippen LogP contribution in [0.5, 0.6) is 0 Å². The number of hydrogen-bond acceptors (Lipinski definition) is 4. The van der Waals surface area contributed by atoms with Crippen molar-refractivity contribution in [3.8, 4) is 0 Å². The van der Waals surface area contributed by atoms with Gasteiger partial charge in [-0.25, -0.2) is 0 Å². The Hall–Kier alpha value is -1.39. The molecule has 98 valence electrons. The molecular weight excluding hydrogens is 228 g/mol. The van der Waals surface area contributed by atoms with Crippen LogP contribution in [0.1, 0.15) is 12.0 Å². The van der Waals surface area contributed by atoms with Gasteiger partial charge >= 0.3 is 5.97 Å². The lowest BCUT2D eigenvalue weighted by Gasteiger charge is -2.26. The standard InChI is InChI=1S/C14H20N2O2/c1-15-14(13(17)18-2)8-9-16(11-14)10-12-6-4-3-5-7-12/h3-7,15H,8-11H2,1-2H3. The van der Waals surface area contributed by atoms with Crippen LogP contribution in [0, 0.1) is 0 Å². The average molecular weight is 248 g/mol. The zero-order valence-corrected chi connectivity index (χ0v) is 11.0. The third-order valence-corrected chi connectivity index (χ3v) is 3.65. The van der Waals surface area contributed by atoms with Crippen molar-refractivity contribution in [1.29, 1.82) is 0 Å². The van der Waals surface area contributed by atoms with Gasteiger partial charge < -0.3 is 10.1 Å². The summed E-state index contributed by atoms with van der Waals surface area (Å²) >= 11 is 0. The van der Waals surface area contributed by atoms with Crippen molar-refractivity contribution in [3.05, 3.63) is 35.9 Å². The largest absolute Gasteiger partial charge is 0.468 e. The molecule has 0 spiro atoms. The second kappa shape index (κ2) is 5.50. The molecule has 1 atom stereocenters. The van der Waals surface area contributed by atoms with Crippen LogP contribution in [0.4, 0.5) is 0 Å². The number of esters is 1. The first-order valence-electron chi connectivity index (χ1n) is 6.24. The molecule has 1 aliphatic rings. The van der Waals surface area contributed by atoms with Gasteiger partial charge in [0.05, 0.1) is 7.11 Å². The van der Waals surface area contributed by atoms with Gasteiger partial charge in [0, 0.05) is 19.6 Å². The summed E-state index contributed by atoms with van der Waals surface area (Å²) in [6.07, 6.45) is 0.795. The van der Waals surface area contributed by atoms with E-state index in [1.165, 1.54) is 12.7 Å². The zero-order chi connectivity index (χ0) is 13.0. The summed E-state index contributed by atoms with van der Waals surface area (Å²) in [6.45, 7) is 2.48. The molecule has 1 N–H and O–H groups in total. The number of rotatable bonds is 4. The minimum atomic E-state index is -0.538. The summed E-state index contributed by atoms with van der Waals surface area (Å²) in [4.78, 5) is 14.1. The number of methoxy groups -OCH3 is 1. The normalized spacial score (nSPS) is 24.1. The lowest BCUT2D eigenvalue weighted by molar-refractivity contribution is -0.147. The first kappa shape index (κ1) is 13.1. The van der Waals surface area contributed by atoms with Crippen LogP contribution in [0.15, 0.2) is 30.3 Å². The first-order chi connectivity index (χ1) is 8.70.